The van der Waals surface area contributed by atoms with Crippen LogP contribution in [0.5, 0.6) is 5.75 Å². The first-order chi connectivity index (χ1) is 15.2. The molecule has 1 saturated heterocycles. The number of ether oxygens (including phenoxy) is 1. The molecule has 0 spiro atoms. The fourth-order valence-corrected chi connectivity index (χ4v) is 3.59. The summed E-state index contributed by atoms with van der Waals surface area (Å²) in [7, 11) is 0. The highest BCUT2D eigenvalue weighted by molar-refractivity contribution is 5.92. The summed E-state index contributed by atoms with van der Waals surface area (Å²) >= 11 is 0. The Morgan fingerprint density at radius 2 is 1.62 bits per heavy atom. The van der Waals surface area contributed by atoms with Crippen molar-refractivity contribution in [2.45, 2.75) is 25.6 Å². The van der Waals surface area contributed by atoms with Gasteiger partial charge in [0.05, 0.1) is 6.54 Å². The summed E-state index contributed by atoms with van der Waals surface area (Å²) in [6, 6.07) is 14.9. The van der Waals surface area contributed by atoms with Crippen LogP contribution in [0.25, 0.3) is 0 Å². The van der Waals surface area contributed by atoms with Crippen molar-refractivity contribution >= 4 is 17.5 Å². The van der Waals surface area contributed by atoms with E-state index in [1.807, 2.05) is 47.1 Å². The lowest BCUT2D eigenvalue weighted by molar-refractivity contribution is -0.274. The van der Waals surface area contributed by atoms with Gasteiger partial charge in [0.2, 0.25) is 11.8 Å². The lowest BCUT2D eigenvalue weighted by Crippen LogP contribution is -2.50. The van der Waals surface area contributed by atoms with Crippen LogP contribution in [0.2, 0.25) is 0 Å². The highest BCUT2D eigenvalue weighted by Crippen LogP contribution is 2.24. The van der Waals surface area contributed by atoms with Gasteiger partial charge in [0.1, 0.15) is 5.75 Å². The first-order valence-corrected chi connectivity index (χ1v) is 10.4. The molecule has 1 atom stereocenters. The van der Waals surface area contributed by atoms with Crippen molar-refractivity contribution < 1.29 is 27.5 Å². The molecule has 1 aliphatic rings. The third-order valence-corrected chi connectivity index (χ3v) is 5.31. The Balaban J connectivity index is 1.40. The van der Waals surface area contributed by atoms with Crippen LogP contribution in [0.15, 0.2) is 54.6 Å². The van der Waals surface area contributed by atoms with Crippen LogP contribution in [0, 0.1) is 0 Å². The number of benzene rings is 2. The average molecular weight is 449 g/mol. The third-order valence-electron chi connectivity index (χ3n) is 5.31. The molecule has 2 aromatic carbocycles. The number of rotatable bonds is 7. The Bertz CT molecular complexity index is 896. The van der Waals surface area contributed by atoms with Crippen LogP contribution in [0.3, 0.4) is 0 Å². The van der Waals surface area contributed by atoms with Gasteiger partial charge in [-0.15, -0.1) is 13.2 Å². The van der Waals surface area contributed by atoms with Crippen molar-refractivity contribution in [1.82, 2.24) is 9.80 Å². The van der Waals surface area contributed by atoms with E-state index in [1.165, 1.54) is 12.1 Å². The van der Waals surface area contributed by atoms with Crippen molar-refractivity contribution in [3.63, 3.8) is 0 Å². The fourth-order valence-electron chi connectivity index (χ4n) is 3.59. The number of piperazine rings is 1. The average Bonchev–Trinajstić information content (AvgIpc) is 2.75. The summed E-state index contributed by atoms with van der Waals surface area (Å²) in [5, 5.41) is 2.66. The summed E-state index contributed by atoms with van der Waals surface area (Å²) in [6.45, 7) is 4.45. The molecule has 172 valence electrons. The Hall–Kier alpha value is -3.07. The van der Waals surface area contributed by atoms with Gasteiger partial charge >= 0.3 is 6.36 Å². The number of hydrogen-bond acceptors (Lipinski definition) is 4. The van der Waals surface area contributed by atoms with Crippen LogP contribution in [-0.4, -0.2) is 60.7 Å². The van der Waals surface area contributed by atoms with Gasteiger partial charge in [0.15, 0.2) is 0 Å². The Kier molecular flexibility index (Phi) is 7.74. The zero-order chi connectivity index (χ0) is 23.1. The first kappa shape index (κ1) is 23.6. The summed E-state index contributed by atoms with van der Waals surface area (Å²) in [5.41, 5.74) is 1.52. The minimum Gasteiger partial charge on any atom is -0.406 e. The van der Waals surface area contributed by atoms with E-state index in [2.05, 4.69) is 10.1 Å². The molecule has 2 aromatic rings. The van der Waals surface area contributed by atoms with Gasteiger partial charge in [0, 0.05) is 38.3 Å². The zero-order valence-electron chi connectivity index (χ0n) is 17.8. The molecule has 6 nitrogen and oxygen atoms in total. The van der Waals surface area contributed by atoms with Gasteiger partial charge in [0.25, 0.3) is 0 Å². The van der Waals surface area contributed by atoms with Gasteiger partial charge < -0.3 is 15.0 Å². The third kappa shape index (κ3) is 7.26. The molecule has 0 saturated carbocycles. The van der Waals surface area contributed by atoms with Gasteiger partial charge in [-0.05, 0) is 35.7 Å². The second-order valence-electron chi connectivity index (χ2n) is 7.79. The number of carbonyl (C=O) groups excluding carboxylic acids is 2. The molecule has 1 N–H and O–H groups in total. The van der Waals surface area contributed by atoms with Crippen molar-refractivity contribution in [3.05, 3.63) is 60.2 Å². The molecule has 32 heavy (non-hydrogen) atoms. The number of alkyl halides is 3. The van der Waals surface area contributed by atoms with Crippen molar-refractivity contribution in [3.8, 4) is 5.75 Å². The standard InChI is InChI=1S/C23H26F3N3O3/c1-17(18-5-3-2-4-6-18)15-22(31)29-13-11-28(12-14-29)16-21(30)27-19-7-9-20(10-8-19)32-23(24,25)26/h2-10,17H,11-16H2,1H3,(H,27,30)/t17-/m1/s1. The summed E-state index contributed by atoms with van der Waals surface area (Å²) in [4.78, 5) is 28.7. The minimum absolute atomic E-state index is 0.103. The SMILES string of the molecule is C[C@H](CC(=O)N1CCN(CC(=O)Nc2ccc(OC(F)(F)F)cc2)CC1)c1ccccc1. The van der Waals surface area contributed by atoms with E-state index in [-0.39, 0.29) is 30.0 Å². The maximum absolute atomic E-state index is 12.6. The smallest absolute Gasteiger partial charge is 0.406 e. The van der Waals surface area contributed by atoms with E-state index >= 15 is 0 Å². The molecule has 0 unspecified atom stereocenters. The number of hydrogen-bond donors (Lipinski definition) is 1. The summed E-state index contributed by atoms with van der Waals surface area (Å²) in [5.74, 6) is -0.378. The Labute approximate surface area is 184 Å². The molecule has 9 heteroatoms. The highest BCUT2D eigenvalue weighted by atomic mass is 19.4. The quantitative estimate of drug-likeness (QED) is 0.697. The Morgan fingerprint density at radius 3 is 2.22 bits per heavy atom. The predicted octanol–water partition coefficient (Wildman–Crippen LogP) is 3.86. The van der Waals surface area contributed by atoms with E-state index in [9.17, 15) is 22.8 Å². The topological polar surface area (TPSA) is 61.9 Å². The number of anilines is 1. The van der Waals surface area contributed by atoms with Crippen molar-refractivity contribution in [1.29, 1.82) is 0 Å². The monoisotopic (exact) mass is 449 g/mol. The van der Waals surface area contributed by atoms with E-state index in [0.29, 0.717) is 38.3 Å². The van der Waals surface area contributed by atoms with Gasteiger partial charge in [-0.25, -0.2) is 0 Å². The van der Waals surface area contributed by atoms with Crippen LogP contribution < -0.4 is 10.1 Å². The minimum atomic E-state index is -4.76. The molecular formula is C23H26F3N3O3. The van der Waals surface area contributed by atoms with E-state index < -0.39 is 6.36 Å². The number of amides is 2. The molecule has 2 amide bonds. The van der Waals surface area contributed by atoms with Crippen LogP contribution in [0.1, 0.15) is 24.8 Å². The van der Waals surface area contributed by atoms with Gasteiger partial charge in [-0.1, -0.05) is 37.3 Å². The molecule has 0 aromatic heterocycles. The molecule has 3 rings (SSSR count). The Morgan fingerprint density at radius 1 is 1.00 bits per heavy atom. The van der Waals surface area contributed by atoms with Crippen LogP contribution >= 0.6 is 0 Å². The normalized spacial score (nSPS) is 15.8. The molecule has 0 bridgehead atoms. The molecule has 1 fully saturated rings. The second-order valence-corrected chi connectivity index (χ2v) is 7.79. The van der Waals surface area contributed by atoms with Crippen molar-refractivity contribution in [2.24, 2.45) is 0 Å². The second kappa shape index (κ2) is 10.5. The fraction of sp³-hybridized carbons (Fsp3) is 0.391. The number of carbonyl (C=O) groups is 2. The molecular weight excluding hydrogens is 423 g/mol. The van der Waals surface area contributed by atoms with E-state index in [4.69, 9.17) is 0 Å². The first-order valence-electron chi connectivity index (χ1n) is 10.4. The lowest BCUT2D eigenvalue weighted by Gasteiger charge is -2.34. The molecule has 0 radical (unpaired) electrons. The number of nitrogens with one attached hydrogen (secondary N) is 1. The molecule has 1 heterocycles. The van der Waals surface area contributed by atoms with E-state index in [1.54, 1.807) is 0 Å². The predicted molar refractivity (Wildman–Crippen MR) is 114 cm³/mol. The largest absolute Gasteiger partial charge is 0.573 e. The molecule has 1 aliphatic heterocycles. The van der Waals surface area contributed by atoms with Crippen molar-refractivity contribution in [2.75, 3.05) is 38.0 Å². The van der Waals surface area contributed by atoms with Crippen LogP contribution in [-0.2, 0) is 9.59 Å². The van der Waals surface area contributed by atoms with Gasteiger partial charge in [-0.2, -0.15) is 0 Å². The lowest BCUT2D eigenvalue weighted by atomic mass is 9.97. The summed E-state index contributed by atoms with van der Waals surface area (Å²) in [6.07, 6.45) is -4.31. The van der Waals surface area contributed by atoms with Gasteiger partial charge in [-0.3, -0.25) is 14.5 Å². The maximum atomic E-state index is 12.6. The zero-order valence-corrected chi connectivity index (χ0v) is 17.8. The van der Waals surface area contributed by atoms with Crippen LogP contribution in [0.4, 0.5) is 18.9 Å². The van der Waals surface area contributed by atoms with E-state index in [0.717, 1.165) is 17.7 Å². The number of nitrogens with zero attached hydrogens (tertiary/aromatic N) is 2. The highest BCUT2D eigenvalue weighted by Gasteiger charge is 2.31. The number of halogens is 3. The molecule has 0 aliphatic carbocycles. The summed E-state index contributed by atoms with van der Waals surface area (Å²) < 4.78 is 40.4. The maximum Gasteiger partial charge on any atom is 0.573 e.